The summed E-state index contributed by atoms with van der Waals surface area (Å²) in [5.41, 5.74) is 0. The quantitative estimate of drug-likeness (QED) is 0.389. The molecule has 2 heteroatoms. The Hall–Kier alpha value is 0.690. The maximum atomic E-state index is 3.53. The molecule has 0 fully saturated rings. The molecule has 0 spiro atoms. The standard InChI is InChI=1S/C11H24IN/c1-3-7-11(2)10-13-9-6-4-5-8-12/h11,13H,3-10H2,1-2H3. The summed E-state index contributed by atoms with van der Waals surface area (Å²) >= 11 is 2.45. The lowest BCUT2D eigenvalue weighted by Gasteiger charge is -2.10. The number of hydrogen-bond acceptors (Lipinski definition) is 1. The molecule has 0 radical (unpaired) electrons. The fourth-order valence-electron chi connectivity index (χ4n) is 1.46. The highest BCUT2D eigenvalue weighted by Gasteiger charge is 1.98. The highest BCUT2D eigenvalue weighted by atomic mass is 127. The second-order valence-corrected chi connectivity index (χ2v) is 4.93. The molecule has 1 unspecified atom stereocenters. The maximum absolute atomic E-state index is 3.53. The molecule has 1 atom stereocenters. The first kappa shape index (κ1) is 13.7. The number of halogens is 1. The monoisotopic (exact) mass is 297 g/mol. The van der Waals surface area contributed by atoms with Gasteiger partial charge in [0.25, 0.3) is 0 Å². The highest BCUT2D eigenvalue weighted by molar-refractivity contribution is 14.1. The van der Waals surface area contributed by atoms with Crippen molar-refractivity contribution in [3.8, 4) is 0 Å². The Bertz CT molecular complexity index is 96.1. The van der Waals surface area contributed by atoms with E-state index in [2.05, 4.69) is 41.8 Å². The Kier molecular flexibility index (Phi) is 11.3. The normalized spacial score (nSPS) is 13.2. The van der Waals surface area contributed by atoms with Crippen LogP contribution in [-0.2, 0) is 0 Å². The number of nitrogens with one attached hydrogen (secondary N) is 1. The van der Waals surface area contributed by atoms with Crippen LogP contribution in [0.25, 0.3) is 0 Å². The molecule has 1 N–H and O–H groups in total. The van der Waals surface area contributed by atoms with E-state index in [4.69, 9.17) is 0 Å². The van der Waals surface area contributed by atoms with Crippen LogP contribution in [0.15, 0.2) is 0 Å². The van der Waals surface area contributed by atoms with Gasteiger partial charge in [-0.1, -0.05) is 49.3 Å². The molecular formula is C11H24IN. The highest BCUT2D eigenvalue weighted by Crippen LogP contribution is 2.03. The van der Waals surface area contributed by atoms with E-state index in [9.17, 15) is 0 Å². The van der Waals surface area contributed by atoms with Crippen LogP contribution in [0.4, 0.5) is 0 Å². The van der Waals surface area contributed by atoms with E-state index >= 15 is 0 Å². The van der Waals surface area contributed by atoms with Crippen molar-refractivity contribution >= 4 is 22.6 Å². The van der Waals surface area contributed by atoms with E-state index in [-0.39, 0.29) is 0 Å². The molecule has 13 heavy (non-hydrogen) atoms. The third-order valence-corrected chi connectivity index (χ3v) is 3.02. The lowest BCUT2D eigenvalue weighted by molar-refractivity contribution is 0.470. The minimum Gasteiger partial charge on any atom is -0.316 e. The van der Waals surface area contributed by atoms with Crippen LogP contribution < -0.4 is 5.32 Å². The van der Waals surface area contributed by atoms with Crippen molar-refractivity contribution in [1.29, 1.82) is 0 Å². The summed E-state index contributed by atoms with van der Waals surface area (Å²) in [7, 11) is 0. The molecule has 0 heterocycles. The summed E-state index contributed by atoms with van der Waals surface area (Å²) in [5, 5.41) is 3.53. The maximum Gasteiger partial charge on any atom is -0.000472 e. The van der Waals surface area contributed by atoms with Crippen molar-refractivity contribution < 1.29 is 0 Å². The third-order valence-electron chi connectivity index (χ3n) is 2.26. The second-order valence-electron chi connectivity index (χ2n) is 3.85. The Balaban J connectivity index is 2.97. The lowest BCUT2D eigenvalue weighted by Crippen LogP contribution is -2.22. The molecule has 80 valence electrons. The summed E-state index contributed by atoms with van der Waals surface area (Å²) in [6.45, 7) is 7.01. The minimum atomic E-state index is 0.856. The largest absolute Gasteiger partial charge is 0.316 e. The summed E-state index contributed by atoms with van der Waals surface area (Å²) in [6.07, 6.45) is 6.80. The molecule has 0 aromatic heterocycles. The van der Waals surface area contributed by atoms with Crippen LogP contribution in [0.1, 0.15) is 46.0 Å². The van der Waals surface area contributed by atoms with E-state index in [1.54, 1.807) is 0 Å². The summed E-state index contributed by atoms with van der Waals surface area (Å²) < 4.78 is 1.31. The number of alkyl halides is 1. The molecule has 0 aliphatic heterocycles. The SMILES string of the molecule is CCCC(C)CNCCCCCI. The molecule has 0 aliphatic carbocycles. The topological polar surface area (TPSA) is 12.0 Å². The van der Waals surface area contributed by atoms with Crippen molar-refractivity contribution in [3.05, 3.63) is 0 Å². The van der Waals surface area contributed by atoms with Gasteiger partial charge in [0.15, 0.2) is 0 Å². The minimum absolute atomic E-state index is 0.856. The second kappa shape index (κ2) is 10.8. The molecule has 0 saturated carbocycles. The van der Waals surface area contributed by atoms with Gasteiger partial charge in [-0.2, -0.15) is 0 Å². The molecule has 1 nitrogen and oxygen atoms in total. The first-order chi connectivity index (χ1) is 6.31. The first-order valence-corrected chi connectivity index (χ1v) is 7.10. The Morgan fingerprint density at radius 2 is 2.00 bits per heavy atom. The molecule has 0 aromatic carbocycles. The average Bonchev–Trinajstić information content (AvgIpc) is 2.11. The summed E-state index contributed by atoms with van der Waals surface area (Å²) in [4.78, 5) is 0. The van der Waals surface area contributed by atoms with Crippen molar-refractivity contribution in [2.75, 3.05) is 17.5 Å². The van der Waals surface area contributed by atoms with Gasteiger partial charge < -0.3 is 5.32 Å². The van der Waals surface area contributed by atoms with Gasteiger partial charge in [-0.05, 0) is 42.7 Å². The molecule has 0 aromatic rings. The van der Waals surface area contributed by atoms with Crippen LogP contribution in [-0.4, -0.2) is 17.5 Å². The molecule has 0 saturated heterocycles. The van der Waals surface area contributed by atoms with Crippen molar-refractivity contribution in [3.63, 3.8) is 0 Å². The number of rotatable bonds is 9. The average molecular weight is 297 g/mol. The molecule has 0 aliphatic rings. The summed E-state index contributed by atoms with van der Waals surface area (Å²) in [5.74, 6) is 0.856. The van der Waals surface area contributed by atoms with Gasteiger partial charge in [0.05, 0.1) is 0 Å². The van der Waals surface area contributed by atoms with E-state index in [1.165, 1.54) is 49.6 Å². The van der Waals surface area contributed by atoms with Gasteiger partial charge in [0.1, 0.15) is 0 Å². The van der Waals surface area contributed by atoms with Gasteiger partial charge in [-0.15, -0.1) is 0 Å². The smallest absolute Gasteiger partial charge is 0.000472 e. The van der Waals surface area contributed by atoms with Gasteiger partial charge in [-0.3, -0.25) is 0 Å². The number of unbranched alkanes of at least 4 members (excludes halogenated alkanes) is 2. The molecule has 0 rings (SSSR count). The van der Waals surface area contributed by atoms with E-state index < -0.39 is 0 Å². The fourth-order valence-corrected chi connectivity index (χ4v) is 2.00. The van der Waals surface area contributed by atoms with Gasteiger partial charge >= 0.3 is 0 Å². The van der Waals surface area contributed by atoms with E-state index in [1.807, 2.05) is 0 Å². The molecular weight excluding hydrogens is 273 g/mol. The van der Waals surface area contributed by atoms with Gasteiger partial charge in [0.2, 0.25) is 0 Å². The first-order valence-electron chi connectivity index (χ1n) is 5.58. The zero-order valence-corrected chi connectivity index (χ0v) is 11.3. The Morgan fingerprint density at radius 3 is 2.62 bits per heavy atom. The van der Waals surface area contributed by atoms with Crippen molar-refractivity contribution in [2.24, 2.45) is 5.92 Å². The lowest BCUT2D eigenvalue weighted by atomic mass is 10.1. The van der Waals surface area contributed by atoms with E-state index in [0.29, 0.717) is 0 Å². The Morgan fingerprint density at radius 1 is 1.23 bits per heavy atom. The number of hydrogen-bond donors (Lipinski definition) is 1. The van der Waals surface area contributed by atoms with Crippen LogP contribution in [0.5, 0.6) is 0 Å². The summed E-state index contributed by atoms with van der Waals surface area (Å²) in [6, 6.07) is 0. The zero-order chi connectivity index (χ0) is 9.94. The Labute approximate surface area is 97.2 Å². The van der Waals surface area contributed by atoms with Crippen LogP contribution in [0.2, 0.25) is 0 Å². The van der Waals surface area contributed by atoms with Crippen LogP contribution in [0, 0.1) is 5.92 Å². The zero-order valence-electron chi connectivity index (χ0n) is 9.11. The third kappa shape index (κ3) is 10.6. The predicted molar refractivity (Wildman–Crippen MR) is 69.7 cm³/mol. The van der Waals surface area contributed by atoms with Crippen molar-refractivity contribution in [1.82, 2.24) is 5.32 Å². The van der Waals surface area contributed by atoms with Gasteiger partial charge in [-0.25, -0.2) is 0 Å². The van der Waals surface area contributed by atoms with Crippen LogP contribution >= 0.6 is 22.6 Å². The predicted octanol–water partition coefficient (Wildman–Crippen LogP) is 3.62. The van der Waals surface area contributed by atoms with Gasteiger partial charge in [0, 0.05) is 0 Å². The molecule has 0 amide bonds. The van der Waals surface area contributed by atoms with Crippen LogP contribution in [0.3, 0.4) is 0 Å². The fraction of sp³-hybridized carbons (Fsp3) is 1.00. The molecule has 0 bridgehead atoms. The van der Waals surface area contributed by atoms with E-state index in [0.717, 1.165) is 5.92 Å². The van der Waals surface area contributed by atoms with Crippen molar-refractivity contribution in [2.45, 2.75) is 46.0 Å².